The first-order valence-corrected chi connectivity index (χ1v) is 15.1. The van der Waals surface area contributed by atoms with Crippen LogP contribution in [0.3, 0.4) is 0 Å². The van der Waals surface area contributed by atoms with Crippen molar-refractivity contribution in [1.82, 2.24) is 19.6 Å². The smallest absolute Gasteiger partial charge is 0.242 e. The lowest BCUT2D eigenvalue weighted by Gasteiger charge is -2.34. The van der Waals surface area contributed by atoms with Crippen LogP contribution in [0.1, 0.15) is 36.7 Å². The minimum Gasteiger partial charge on any atom is -0.369 e. The number of rotatable bonds is 10. The molecule has 1 aromatic heterocycles. The van der Waals surface area contributed by atoms with Crippen molar-refractivity contribution in [1.29, 1.82) is 0 Å². The molecule has 0 amide bonds. The highest BCUT2D eigenvalue weighted by atomic mass is 35.5. The van der Waals surface area contributed by atoms with Crippen LogP contribution in [0.2, 0.25) is 5.02 Å². The Balaban J connectivity index is 1.35. The minimum atomic E-state index is -3.67. The fourth-order valence-corrected chi connectivity index (χ4v) is 6.10. The number of nitrogens with zero attached hydrogens (tertiary/aromatic N) is 4. The summed E-state index contributed by atoms with van der Waals surface area (Å²) in [7, 11) is -1.51. The van der Waals surface area contributed by atoms with Gasteiger partial charge < -0.3 is 15.1 Å². The van der Waals surface area contributed by atoms with Crippen molar-refractivity contribution < 1.29 is 8.42 Å². The quantitative estimate of drug-likeness (QED) is 0.382. The van der Waals surface area contributed by atoms with Gasteiger partial charge in [0, 0.05) is 44.8 Å². The van der Waals surface area contributed by atoms with Gasteiger partial charge in [-0.2, -0.15) is 0 Å². The summed E-state index contributed by atoms with van der Waals surface area (Å²) >= 11 is 6.44. The molecule has 8 nitrogen and oxygen atoms in total. The number of benzene rings is 2. The molecule has 1 saturated carbocycles. The third-order valence-corrected chi connectivity index (χ3v) is 9.03. The van der Waals surface area contributed by atoms with Gasteiger partial charge in [0.05, 0.1) is 11.9 Å². The number of aromatic nitrogens is 2. The Hall–Kier alpha value is -2.72. The van der Waals surface area contributed by atoms with Crippen molar-refractivity contribution in [3.05, 3.63) is 70.6 Å². The molecule has 0 spiro atoms. The molecule has 3 aromatic rings. The van der Waals surface area contributed by atoms with Crippen molar-refractivity contribution in [3.8, 4) is 0 Å². The first-order valence-electron chi connectivity index (χ1n) is 13.2. The molecule has 1 saturated heterocycles. The molecule has 1 aliphatic heterocycles. The molecule has 2 heterocycles. The summed E-state index contributed by atoms with van der Waals surface area (Å²) < 4.78 is 28.7. The number of nitrogens with one attached hydrogen (secondary N) is 2. The van der Waals surface area contributed by atoms with Crippen LogP contribution >= 0.6 is 11.6 Å². The number of aryl methyl sites for hydroxylation is 1. The topological polar surface area (TPSA) is 90.5 Å². The van der Waals surface area contributed by atoms with E-state index in [9.17, 15) is 8.42 Å². The van der Waals surface area contributed by atoms with E-state index in [2.05, 4.69) is 62.0 Å². The van der Waals surface area contributed by atoms with Crippen LogP contribution in [-0.4, -0.2) is 63.1 Å². The summed E-state index contributed by atoms with van der Waals surface area (Å²) in [6.07, 6.45) is 5.18. The van der Waals surface area contributed by atoms with Gasteiger partial charge in [-0.05, 0) is 67.6 Å². The Morgan fingerprint density at radius 3 is 2.55 bits per heavy atom. The van der Waals surface area contributed by atoms with Crippen LogP contribution in [0.4, 0.5) is 17.2 Å². The monoisotopic (exact) mass is 554 g/mol. The average molecular weight is 555 g/mol. The molecule has 202 valence electrons. The molecule has 0 radical (unpaired) electrons. The molecule has 0 bridgehead atoms. The van der Waals surface area contributed by atoms with Crippen LogP contribution in [-0.2, 0) is 22.9 Å². The van der Waals surface area contributed by atoms with Crippen LogP contribution in [0.25, 0.3) is 0 Å². The zero-order valence-corrected chi connectivity index (χ0v) is 23.5. The predicted octanol–water partition coefficient (Wildman–Crippen LogP) is 4.47. The van der Waals surface area contributed by atoms with Gasteiger partial charge in [-0.25, -0.2) is 23.1 Å². The van der Waals surface area contributed by atoms with Gasteiger partial charge in [0.25, 0.3) is 0 Å². The van der Waals surface area contributed by atoms with E-state index in [4.69, 9.17) is 11.6 Å². The number of para-hydroxylation sites is 1. The summed E-state index contributed by atoms with van der Waals surface area (Å²) in [5.74, 6) is 1.44. The molecule has 10 heteroatoms. The molecule has 2 aromatic carbocycles. The molecule has 5 rings (SSSR count). The van der Waals surface area contributed by atoms with E-state index in [0.717, 1.165) is 45.4 Å². The largest absolute Gasteiger partial charge is 0.369 e. The van der Waals surface area contributed by atoms with E-state index < -0.39 is 10.0 Å². The number of sulfonamides is 1. The summed E-state index contributed by atoms with van der Waals surface area (Å²) in [5, 5.41) is 3.47. The van der Waals surface area contributed by atoms with Gasteiger partial charge in [0.1, 0.15) is 15.7 Å². The van der Waals surface area contributed by atoms with Crippen LogP contribution < -0.4 is 14.9 Å². The Bertz CT molecular complexity index is 1390. The van der Waals surface area contributed by atoms with E-state index in [1.54, 1.807) is 30.5 Å². The SMILES string of the molecule is CCc1cc(N2CCN(C)CC2)ccc1Cc1ncc(Cl)c(Nc2ccccc2S(=O)(=O)NCC2CC2)n1. The first kappa shape index (κ1) is 26.9. The molecule has 2 aliphatic rings. The Morgan fingerprint density at radius 2 is 1.82 bits per heavy atom. The molecule has 0 atom stereocenters. The maximum absolute atomic E-state index is 13.0. The van der Waals surface area contributed by atoms with Gasteiger partial charge in [0.15, 0.2) is 5.82 Å². The Morgan fingerprint density at radius 1 is 1.05 bits per heavy atom. The second-order valence-electron chi connectivity index (χ2n) is 10.2. The highest BCUT2D eigenvalue weighted by Crippen LogP contribution is 2.31. The Kier molecular flexibility index (Phi) is 8.18. The zero-order valence-electron chi connectivity index (χ0n) is 22.0. The number of likely N-dealkylation sites (N-methyl/N-ethyl adjacent to an activating group) is 1. The normalized spacial score (nSPS) is 16.6. The van der Waals surface area contributed by atoms with Crippen molar-refractivity contribution in [2.24, 2.45) is 5.92 Å². The van der Waals surface area contributed by atoms with E-state index in [1.165, 1.54) is 16.8 Å². The molecule has 2 N–H and O–H groups in total. The molecule has 0 unspecified atom stereocenters. The van der Waals surface area contributed by atoms with E-state index in [-0.39, 0.29) is 4.90 Å². The van der Waals surface area contributed by atoms with Gasteiger partial charge >= 0.3 is 0 Å². The number of hydrogen-bond donors (Lipinski definition) is 2. The predicted molar refractivity (Wildman–Crippen MR) is 153 cm³/mol. The van der Waals surface area contributed by atoms with E-state index >= 15 is 0 Å². The van der Waals surface area contributed by atoms with Crippen molar-refractivity contribution in [3.63, 3.8) is 0 Å². The summed E-state index contributed by atoms with van der Waals surface area (Å²) in [6.45, 7) is 6.82. The number of anilines is 3. The maximum Gasteiger partial charge on any atom is 0.242 e. The van der Waals surface area contributed by atoms with Gasteiger partial charge in [0.2, 0.25) is 10.0 Å². The average Bonchev–Trinajstić information content (AvgIpc) is 3.75. The highest BCUT2D eigenvalue weighted by molar-refractivity contribution is 7.89. The lowest BCUT2D eigenvalue weighted by Crippen LogP contribution is -2.44. The fraction of sp³-hybridized carbons (Fsp3) is 0.429. The van der Waals surface area contributed by atoms with Crippen LogP contribution in [0.5, 0.6) is 0 Å². The molecule has 1 aliphatic carbocycles. The fourth-order valence-electron chi connectivity index (χ4n) is 4.68. The van der Waals surface area contributed by atoms with Gasteiger partial charge in [-0.15, -0.1) is 0 Å². The molecular formula is C28H35ClN6O2S. The minimum absolute atomic E-state index is 0.171. The van der Waals surface area contributed by atoms with Crippen molar-refractivity contribution in [2.45, 2.75) is 37.5 Å². The van der Waals surface area contributed by atoms with E-state index in [0.29, 0.717) is 41.2 Å². The van der Waals surface area contributed by atoms with Gasteiger partial charge in [-0.1, -0.05) is 36.7 Å². The molecule has 38 heavy (non-hydrogen) atoms. The maximum atomic E-state index is 13.0. The first-order chi connectivity index (χ1) is 18.3. The number of hydrogen-bond acceptors (Lipinski definition) is 7. The summed E-state index contributed by atoms with van der Waals surface area (Å²) in [5.41, 5.74) is 4.12. The standard InChI is InChI=1S/C28H35ClN6O2S/c1-3-21-16-23(35-14-12-34(2)13-15-35)11-10-22(21)17-27-30-19-24(29)28(33-27)32-25-6-4-5-7-26(25)38(36,37)31-18-20-8-9-20/h4-7,10-11,16,19-20,31H,3,8-9,12-15,17-18H2,1-2H3,(H,30,32,33). The number of piperazine rings is 1. The Labute approximate surface area is 230 Å². The second-order valence-corrected chi connectivity index (χ2v) is 12.3. The third kappa shape index (κ3) is 6.46. The highest BCUT2D eigenvalue weighted by Gasteiger charge is 2.26. The molecular weight excluding hydrogens is 520 g/mol. The lowest BCUT2D eigenvalue weighted by molar-refractivity contribution is 0.313. The number of halogens is 1. The second kappa shape index (κ2) is 11.6. The van der Waals surface area contributed by atoms with Crippen molar-refractivity contribution in [2.75, 3.05) is 50.0 Å². The van der Waals surface area contributed by atoms with Crippen LogP contribution in [0.15, 0.2) is 53.6 Å². The third-order valence-electron chi connectivity index (χ3n) is 7.27. The summed E-state index contributed by atoms with van der Waals surface area (Å²) in [6, 6.07) is 13.4. The summed E-state index contributed by atoms with van der Waals surface area (Å²) in [4.78, 5) is 14.1. The van der Waals surface area contributed by atoms with Crippen LogP contribution in [0, 0.1) is 5.92 Å². The lowest BCUT2D eigenvalue weighted by atomic mass is 10.0. The zero-order chi connectivity index (χ0) is 26.7. The van der Waals surface area contributed by atoms with Gasteiger partial charge in [-0.3, -0.25) is 0 Å². The molecule has 2 fully saturated rings. The van der Waals surface area contributed by atoms with E-state index in [1.807, 2.05) is 0 Å². The van der Waals surface area contributed by atoms with Crippen molar-refractivity contribution >= 4 is 38.8 Å².